The number of rotatable bonds is 6. The summed E-state index contributed by atoms with van der Waals surface area (Å²) in [4.78, 5) is 11.6. The van der Waals surface area contributed by atoms with Gasteiger partial charge in [0.2, 0.25) is 5.91 Å². The van der Waals surface area contributed by atoms with Crippen LogP contribution in [0, 0.1) is 0 Å². The molecule has 4 nitrogen and oxygen atoms in total. The molecule has 1 aromatic carbocycles. The summed E-state index contributed by atoms with van der Waals surface area (Å²) >= 11 is 0. The first kappa shape index (κ1) is 14.5. The highest BCUT2D eigenvalue weighted by Gasteiger charge is 2.31. The van der Waals surface area contributed by atoms with Crippen molar-refractivity contribution in [1.82, 2.24) is 5.32 Å². The van der Waals surface area contributed by atoms with Crippen molar-refractivity contribution in [2.45, 2.75) is 38.8 Å². The summed E-state index contributed by atoms with van der Waals surface area (Å²) in [7, 11) is 1.63. The molecular weight excluding hydrogens is 228 g/mol. The molecule has 3 N–H and O–H groups in total. The molecule has 0 heterocycles. The van der Waals surface area contributed by atoms with Crippen LogP contribution in [0.2, 0.25) is 0 Å². The van der Waals surface area contributed by atoms with Crippen molar-refractivity contribution in [1.29, 1.82) is 0 Å². The average molecular weight is 250 g/mol. The molecule has 1 rings (SSSR count). The standard InChI is InChI=1S/C14H22N2O2/c1-10(2)16-14(3,13(15)17)9-11-5-7-12(18-4)8-6-11/h5-8,10,16H,9H2,1-4H3,(H2,15,17). The average Bonchev–Trinajstić information content (AvgIpc) is 2.28. The highest BCUT2D eigenvalue weighted by Crippen LogP contribution is 2.17. The lowest BCUT2D eigenvalue weighted by atomic mass is 9.91. The second kappa shape index (κ2) is 5.87. The van der Waals surface area contributed by atoms with Crippen molar-refractivity contribution in [2.24, 2.45) is 5.73 Å². The molecule has 0 aliphatic carbocycles. The molecule has 4 heteroatoms. The van der Waals surface area contributed by atoms with E-state index in [1.54, 1.807) is 7.11 Å². The fourth-order valence-corrected chi connectivity index (χ4v) is 2.00. The quantitative estimate of drug-likeness (QED) is 0.803. The smallest absolute Gasteiger partial charge is 0.237 e. The minimum Gasteiger partial charge on any atom is -0.497 e. The van der Waals surface area contributed by atoms with E-state index in [2.05, 4.69) is 5.32 Å². The summed E-state index contributed by atoms with van der Waals surface area (Å²) in [5.41, 5.74) is 5.81. The Kier molecular flexibility index (Phi) is 4.73. The first-order chi connectivity index (χ1) is 8.37. The van der Waals surface area contributed by atoms with E-state index < -0.39 is 5.54 Å². The lowest BCUT2D eigenvalue weighted by Gasteiger charge is -2.30. The summed E-state index contributed by atoms with van der Waals surface area (Å²) in [5, 5.41) is 3.23. The van der Waals surface area contributed by atoms with Gasteiger partial charge < -0.3 is 15.8 Å². The zero-order chi connectivity index (χ0) is 13.8. The summed E-state index contributed by atoms with van der Waals surface area (Å²) in [6.07, 6.45) is 0.560. The Labute approximate surface area is 109 Å². The van der Waals surface area contributed by atoms with Crippen molar-refractivity contribution < 1.29 is 9.53 Å². The van der Waals surface area contributed by atoms with Gasteiger partial charge in [0, 0.05) is 6.04 Å². The molecule has 0 saturated heterocycles. The maximum Gasteiger partial charge on any atom is 0.237 e. The normalized spacial score (nSPS) is 14.3. The number of hydrogen-bond donors (Lipinski definition) is 2. The zero-order valence-electron chi connectivity index (χ0n) is 11.5. The van der Waals surface area contributed by atoms with Crippen molar-refractivity contribution in [3.63, 3.8) is 0 Å². The van der Waals surface area contributed by atoms with Gasteiger partial charge in [0.1, 0.15) is 5.75 Å². The number of carbonyl (C=O) groups is 1. The predicted octanol–water partition coefficient (Wildman–Crippen LogP) is 1.48. The van der Waals surface area contributed by atoms with Crippen LogP contribution in [0.25, 0.3) is 0 Å². The van der Waals surface area contributed by atoms with Crippen LogP contribution >= 0.6 is 0 Å². The molecule has 0 radical (unpaired) electrons. The van der Waals surface area contributed by atoms with Crippen LogP contribution in [0.5, 0.6) is 5.75 Å². The highest BCUT2D eigenvalue weighted by molar-refractivity contribution is 5.84. The number of primary amides is 1. The number of nitrogens with one attached hydrogen (secondary N) is 1. The maximum atomic E-state index is 11.6. The van der Waals surface area contributed by atoms with Gasteiger partial charge in [0.15, 0.2) is 0 Å². The molecule has 1 amide bonds. The molecule has 1 unspecified atom stereocenters. The Morgan fingerprint density at radius 3 is 2.33 bits per heavy atom. The van der Waals surface area contributed by atoms with Gasteiger partial charge in [0.05, 0.1) is 12.6 Å². The first-order valence-corrected chi connectivity index (χ1v) is 6.08. The Bertz CT molecular complexity index is 401. The van der Waals surface area contributed by atoms with E-state index in [0.29, 0.717) is 6.42 Å². The van der Waals surface area contributed by atoms with E-state index in [4.69, 9.17) is 10.5 Å². The van der Waals surface area contributed by atoms with E-state index in [9.17, 15) is 4.79 Å². The van der Waals surface area contributed by atoms with Crippen LogP contribution in [0.4, 0.5) is 0 Å². The topological polar surface area (TPSA) is 64.3 Å². The van der Waals surface area contributed by atoms with Crippen molar-refractivity contribution in [2.75, 3.05) is 7.11 Å². The molecule has 0 aromatic heterocycles. The highest BCUT2D eigenvalue weighted by atomic mass is 16.5. The van der Waals surface area contributed by atoms with Gasteiger partial charge in [0.25, 0.3) is 0 Å². The molecule has 1 aromatic rings. The van der Waals surface area contributed by atoms with E-state index in [0.717, 1.165) is 11.3 Å². The van der Waals surface area contributed by atoms with Crippen LogP contribution in [0.15, 0.2) is 24.3 Å². The molecule has 100 valence electrons. The fraction of sp³-hybridized carbons (Fsp3) is 0.500. The molecule has 0 fully saturated rings. The summed E-state index contributed by atoms with van der Waals surface area (Å²) < 4.78 is 5.10. The molecular formula is C14H22N2O2. The number of hydrogen-bond acceptors (Lipinski definition) is 3. The van der Waals surface area contributed by atoms with E-state index in [1.807, 2.05) is 45.0 Å². The van der Waals surface area contributed by atoms with Gasteiger partial charge in [-0.25, -0.2) is 0 Å². The SMILES string of the molecule is COc1ccc(CC(C)(NC(C)C)C(N)=O)cc1. The van der Waals surface area contributed by atoms with Crippen LogP contribution in [-0.4, -0.2) is 24.6 Å². The zero-order valence-corrected chi connectivity index (χ0v) is 11.5. The molecule has 0 bridgehead atoms. The monoisotopic (exact) mass is 250 g/mol. The Balaban J connectivity index is 2.85. The van der Waals surface area contributed by atoms with Crippen LogP contribution < -0.4 is 15.8 Å². The third kappa shape index (κ3) is 3.74. The summed E-state index contributed by atoms with van der Waals surface area (Å²) in [5.74, 6) is 0.461. The van der Waals surface area contributed by atoms with Crippen molar-refractivity contribution in [3.05, 3.63) is 29.8 Å². The molecule has 1 atom stereocenters. The number of amides is 1. The van der Waals surface area contributed by atoms with Gasteiger partial charge >= 0.3 is 0 Å². The largest absolute Gasteiger partial charge is 0.497 e. The maximum absolute atomic E-state index is 11.6. The number of nitrogens with two attached hydrogens (primary N) is 1. The molecule has 0 spiro atoms. The van der Waals surface area contributed by atoms with Gasteiger partial charge in [-0.15, -0.1) is 0 Å². The van der Waals surface area contributed by atoms with E-state index in [-0.39, 0.29) is 11.9 Å². The molecule has 0 saturated carbocycles. The van der Waals surface area contributed by atoms with Gasteiger partial charge in [-0.3, -0.25) is 4.79 Å². The molecule has 0 aliphatic heterocycles. The van der Waals surface area contributed by atoms with Crippen molar-refractivity contribution >= 4 is 5.91 Å². The third-order valence-corrected chi connectivity index (χ3v) is 2.87. The van der Waals surface area contributed by atoms with E-state index in [1.165, 1.54) is 0 Å². The van der Waals surface area contributed by atoms with Gasteiger partial charge in [-0.2, -0.15) is 0 Å². The Morgan fingerprint density at radius 1 is 1.39 bits per heavy atom. The lowest BCUT2D eigenvalue weighted by molar-refractivity contribution is -0.124. The van der Waals surface area contributed by atoms with E-state index >= 15 is 0 Å². The second-order valence-electron chi connectivity index (χ2n) is 5.02. The Morgan fingerprint density at radius 2 is 1.94 bits per heavy atom. The molecule has 0 aliphatic rings. The molecule has 18 heavy (non-hydrogen) atoms. The summed E-state index contributed by atoms with van der Waals surface area (Å²) in [6.45, 7) is 5.82. The third-order valence-electron chi connectivity index (χ3n) is 2.87. The predicted molar refractivity (Wildman–Crippen MR) is 72.6 cm³/mol. The summed E-state index contributed by atoms with van der Waals surface area (Å²) in [6, 6.07) is 7.85. The first-order valence-electron chi connectivity index (χ1n) is 6.08. The fourth-order valence-electron chi connectivity index (χ4n) is 2.00. The van der Waals surface area contributed by atoms with Crippen LogP contribution in [0.3, 0.4) is 0 Å². The van der Waals surface area contributed by atoms with Crippen LogP contribution in [0.1, 0.15) is 26.3 Å². The Hall–Kier alpha value is -1.55. The van der Waals surface area contributed by atoms with Crippen LogP contribution in [-0.2, 0) is 11.2 Å². The van der Waals surface area contributed by atoms with Crippen molar-refractivity contribution in [3.8, 4) is 5.75 Å². The minimum atomic E-state index is -0.733. The van der Waals surface area contributed by atoms with Gasteiger partial charge in [-0.1, -0.05) is 12.1 Å². The number of benzene rings is 1. The second-order valence-corrected chi connectivity index (χ2v) is 5.02. The number of carbonyl (C=O) groups excluding carboxylic acids is 1. The number of methoxy groups -OCH3 is 1. The lowest BCUT2D eigenvalue weighted by Crippen LogP contribution is -2.56. The van der Waals surface area contributed by atoms with Gasteiger partial charge in [-0.05, 0) is 44.9 Å². The minimum absolute atomic E-state index is 0.195. The number of ether oxygens (including phenoxy) is 1.